The highest BCUT2D eigenvalue weighted by Gasteiger charge is 2.24. The van der Waals surface area contributed by atoms with Crippen molar-refractivity contribution in [3.63, 3.8) is 0 Å². The minimum absolute atomic E-state index is 0.350. The molecule has 0 amide bonds. The molecule has 0 N–H and O–H groups in total. The molecule has 124 valence electrons. The van der Waals surface area contributed by atoms with Gasteiger partial charge in [-0.25, -0.2) is 0 Å². The Labute approximate surface area is 137 Å². The van der Waals surface area contributed by atoms with Crippen LogP contribution in [-0.2, 0) is 22.5 Å². The number of hydrogen-bond acceptors (Lipinski definition) is 2. The van der Waals surface area contributed by atoms with Gasteiger partial charge in [-0.15, -0.1) is 0 Å². The maximum atomic E-state index is 5.35. The van der Waals surface area contributed by atoms with Crippen LogP contribution >= 0.6 is 0 Å². The first-order valence-electron chi connectivity index (χ1n) is 8.49. The number of hydrogen-bond donors (Lipinski definition) is 0. The summed E-state index contributed by atoms with van der Waals surface area (Å²) >= 11 is 0. The van der Waals surface area contributed by atoms with E-state index in [1.807, 2.05) is 0 Å². The van der Waals surface area contributed by atoms with E-state index in [4.69, 9.17) is 9.47 Å². The number of rotatable bonds is 11. The molecule has 0 saturated heterocycles. The Morgan fingerprint density at radius 2 is 1.50 bits per heavy atom. The average Bonchev–Trinajstić information content (AvgIpc) is 2.57. The third-order valence-corrected chi connectivity index (χ3v) is 10.4. The molecule has 2 nitrogen and oxygen atoms in total. The second-order valence-corrected chi connectivity index (χ2v) is 11.5. The second kappa shape index (κ2) is 10.8. The highest BCUT2D eigenvalue weighted by molar-refractivity contribution is 6.80. The summed E-state index contributed by atoms with van der Waals surface area (Å²) in [4.78, 5) is 0. The highest BCUT2D eigenvalue weighted by atomic mass is 28.3. The van der Waals surface area contributed by atoms with Gasteiger partial charge in [-0.1, -0.05) is 75.3 Å². The van der Waals surface area contributed by atoms with Gasteiger partial charge in [0.25, 0.3) is 0 Å². The van der Waals surface area contributed by atoms with Crippen LogP contribution in [-0.4, -0.2) is 22.0 Å². The van der Waals surface area contributed by atoms with E-state index in [0.717, 1.165) is 6.42 Å². The summed E-state index contributed by atoms with van der Waals surface area (Å²) in [5.41, 5.74) is 2.56. The first-order chi connectivity index (χ1) is 10.7. The fourth-order valence-electron chi connectivity index (χ4n) is 2.75. The first-order valence-corrected chi connectivity index (χ1v) is 11.3. The van der Waals surface area contributed by atoms with Crippen LogP contribution in [0.4, 0.5) is 0 Å². The molecule has 0 aromatic heterocycles. The summed E-state index contributed by atoms with van der Waals surface area (Å²) in [5, 5.41) is 0. The smallest absolute Gasteiger partial charge is 0.146 e. The van der Waals surface area contributed by atoms with Gasteiger partial charge in [-0.05, 0) is 23.6 Å². The van der Waals surface area contributed by atoms with Gasteiger partial charge < -0.3 is 9.47 Å². The zero-order chi connectivity index (χ0) is 16.3. The van der Waals surface area contributed by atoms with E-state index >= 15 is 0 Å². The molecule has 0 atom stereocenters. The van der Waals surface area contributed by atoms with Gasteiger partial charge in [0.1, 0.15) is 6.79 Å². The minimum Gasteiger partial charge on any atom is -0.359 e. The van der Waals surface area contributed by atoms with Gasteiger partial charge in [0.2, 0.25) is 0 Å². The molecule has 0 aliphatic carbocycles. The number of benzene rings is 1. The predicted molar refractivity (Wildman–Crippen MR) is 98.0 cm³/mol. The lowest BCUT2D eigenvalue weighted by Crippen LogP contribution is -2.29. The fourth-order valence-corrected chi connectivity index (χ4v) is 5.78. The van der Waals surface area contributed by atoms with Gasteiger partial charge in [0, 0.05) is 7.11 Å². The molecule has 0 radical (unpaired) electrons. The monoisotopic (exact) mass is 320 g/mol. The van der Waals surface area contributed by atoms with Crippen molar-refractivity contribution >= 4 is 8.07 Å². The van der Waals surface area contributed by atoms with E-state index in [2.05, 4.69) is 57.2 Å². The standard InChI is InChI=1S/C19H32O2Si/c1-5-22(6-2,7-3)15-9-8-10-18-11-13-19(14-12-18)16-21-17-20-4/h8-9,11-14H,5-7,10,15-17H2,1-4H3/b9-8+. The lowest BCUT2D eigenvalue weighted by molar-refractivity contribution is -0.0390. The lowest BCUT2D eigenvalue weighted by Gasteiger charge is -2.26. The van der Waals surface area contributed by atoms with Crippen molar-refractivity contribution < 1.29 is 9.47 Å². The normalized spacial score (nSPS) is 12.2. The van der Waals surface area contributed by atoms with Crippen LogP contribution in [0.5, 0.6) is 0 Å². The molecule has 0 aliphatic rings. The van der Waals surface area contributed by atoms with Crippen molar-refractivity contribution in [3.8, 4) is 0 Å². The molecule has 0 saturated carbocycles. The Hall–Kier alpha value is -0.903. The molecule has 0 fully saturated rings. The summed E-state index contributed by atoms with van der Waals surface area (Å²) in [7, 11) is 0.643. The molecule has 0 unspecified atom stereocenters. The van der Waals surface area contributed by atoms with Crippen LogP contribution in [0.1, 0.15) is 31.9 Å². The largest absolute Gasteiger partial charge is 0.359 e. The molecule has 22 heavy (non-hydrogen) atoms. The van der Waals surface area contributed by atoms with Gasteiger partial charge in [0.15, 0.2) is 0 Å². The predicted octanol–water partition coefficient (Wildman–Crippen LogP) is 5.41. The van der Waals surface area contributed by atoms with Crippen LogP contribution in [0.25, 0.3) is 0 Å². The van der Waals surface area contributed by atoms with Crippen LogP contribution in [0.2, 0.25) is 24.2 Å². The molecule has 0 bridgehead atoms. The Morgan fingerprint density at radius 1 is 0.909 bits per heavy atom. The zero-order valence-electron chi connectivity index (χ0n) is 14.7. The van der Waals surface area contributed by atoms with Gasteiger partial charge in [0.05, 0.1) is 14.7 Å². The summed E-state index contributed by atoms with van der Waals surface area (Å²) in [6.07, 6.45) is 5.80. The maximum Gasteiger partial charge on any atom is 0.146 e. The third-order valence-electron chi connectivity index (χ3n) is 4.81. The lowest BCUT2D eigenvalue weighted by atomic mass is 10.1. The molecule has 0 heterocycles. The molecule has 1 aromatic carbocycles. The number of methoxy groups -OCH3 is 1. The molecule has 1 rings (SSSR count). The Bertz CT molecular complexity index is 413. The topological polar surface area (TPSA) is 18.5 Å². The van der Waals surface area contributed by atoms with Crippen molar-refractivity contribution in [3.05, 3.63) is 47.5 Å². The summed E-state index contributed by atoms with van der Waals surface area (Å²) in [6.45, 7) is 8.08. The zero-order valence-corrected chi connectivity index (χ0v) is 15.7. The molecular formula is C19H32O2Si. The summed E-state index contributed by atoms with van der Waals surface area (Å²) < 4.78 is 10.2. The fraction of sp³-hybridized carbons (Fsp3) is 0.579. The Kier molecular flexibility index (Phi) is 9.36. The number of ether oxygens (including phenoxy) is 2. The van der Waals surface area contributed by atoms with Crippen molar-refractivity contribution in [1.82, 2.24) is 0 Å². The molecule has 0 aliphatic heterocycles. The maximum absolute atomic E-state index is 5.35. The molecule has 0 spiro atoms. The molecule has 1 aromatic rings. The van der Waals surface area contributed by atoms with Crippen molar-refractivity contribution in [2.24, 2.45) is 0 Å². The van der Waals surface area contributed by atoms with E-state index in [-0.39, 0.29) is 0 Å². The second-order valence-electron chi connectivity index (χ2n) is 6.01. The SMILES string of the molecule is CC[Si](CC)(CC)C/C=C/Cc1ccc(COCOC)cc1. The van der Waals surface area contributed by atoms with E-state index < -0.39 is 8.07 Å². The van der Waals surface area contributed by atoms with Gasteiger partial charge in [-0.2, -0.15) is 0 Å². The van der Waals surface area contributed by atoms with E-state index in [1.165, 1.54) is 35.3 Å². The quantitative estimate of drug-likeness (QED) is 0.235. The van der Waals surface area contributed by atoms with Crippen molar-refractivity contribution in [2.75, 3.05) is 13.9 Å². The van der Waals surface area contributed by atoms with Crippen molar-refractivity contribution in [1.29, 1.82) is 0 Å². The van der Waals surface area contributed by atoms with Crippen LogP contribution < -0.4 is 0 Å². The Morgan fingerprint density at radius 3 is 2.05 bits per heavy atom. The molecular weight excluding hydrogens is 288 g/mol. The Balaban J connectivity index is 2.42. The van der Waals surface area contributed by atoms with E-state index in [9.17, 15) is 0 Å². The average molecular weight is 321 g/mol. The third kappa shape index (κ3) is 6.47. The van der Waals surface area contributed by atoms with Gasteiger partial charge in [-0.3, -0.25) is 0 Å². The van der Waals surface area contributed by atoms with Crippen LogP contribution in [0.3, 0.4) is 0 Å². The number of allylic oxidation sites excluding steroid dienone is 2. The van der Waals surface area contributed by atoms with Crippen LogP contribution in [0, 0.1) is 0 Å². The van der Waals surface area contributed by atoms with Crippen LogP contribution in [0.15, 0.2) is 36.4 Å². The minimum atomic E-state index is -0.998. The first kappa shape index (κ1) is 19.1. The summed E-state index contributed by atoms with van der Waals surface area (Å²) in [5.74, 6) is 0. The van der Waals surface area contributed by atoms with E-state index in [0.29, 0.717) is 13.4 Å². The van der Waals surface area contributed by atoms with E-state index in [1.54, 1.807) is 7.11 Å². The summed E-state index contributed by atoms with van der Waals surface area (Å²) in [6, 6.07) is 14.2. The molecule has 3 heteroatoms. The van der Waals surface area contributed by atoms with Gasteiger partial charge >= 0.3 is 0 Å². The highest BCUT2D eigenvalue weighted by Crippen LogP contribution is 2.25. The van der Waals surface area contributed by atoms with Crippen molar-refractivity contribution in [2.45, 2.75) is 58.0 Å².